The fourth-order valence-electron chi connectivity index (χ4n) is 2.68. The van der Waals surface area contributed by atoms with Gasteiger partial charge >= 0.3 is 0 Å². The number of benzene rings is 1. The number of nitrogens with one attached hydrogen (secondary N) is 1. The molecule has 0 fully saturated rings. The first kappa shape index (κ1) is 15.7. The zero-order chi connectivity index (χ0) is 17.1. The SMILES string of the molecule is O=C(NCCn1ccc(-c2ccsc2)n1)c1cccc2c1OCCO2. The molecule has 1 aliphatic rings. The van der Waals surface area contributed by atoms with Gasteiger partial charge in [-0.2, -0.15) is 16.4 Å². The Labute approximate surface area is 149 Å². The standard InChI is InChI=1S/C18H17N3O3S/c22-18(14-2-1-3-16-17(14)24-10-9-23-16)19-6-8-21-7-4-15(20-21)13-5-11-25-12-13/h1-5,7,11-12H,6,8-10H2,(H,19,22). The monoisotopic (exact) mass is 355 g/mol. The van der Waals surface area contributed by atoms with Crippen molar-refractivity contribution >= 4 is 17.2 Å². The van der Waals surface area contributed by atoms with Crippen LogP contribution in [0.2, 0.25) is 0 Å². The molecule has 1 aliphatic heterocycles. The number of para-hydroxylation sites is 1. The van der Waals surface area contributed by atoms with Gasteiger partial charge in [0.25, 0.3) is 5.91 Å². The number of carbonyl (C=O) groups excluding carboxylic acids is 1. The number of hydrogen-bond acceptors (Lipinski definition) is 5. The van der Waals surface area contributed by atoms with Crippen molar-refractivity contribution in [2.24, 2.45) is 0 Å². The number of ether oxygens (including phenoxy) is 2. The van der Waals surface area contributed by atoms with E-state index in [2.05, 4.69) is 15.8 Å². The van der Waals surface area contributed by atoms with E-state index < -0.39 is 0 Å². The van der Waals surface area contributed by atoms with Crippen LogP contribution in [0.4, 0.5) is 0 Å². The van der Waals surface area contributed by atoms with Gasteiger partial charge in [-0.3, -0.25) is 9.48 Å². The number of fused-ring (bicyclic) bond motifs is 1. The summed E-state index contributed by atoms with van der Waals surface area (Å²) < 4.78 is 12.9. The van der Waals surface area contributed by atoms with E-state index in [0.717, 1.165) is 11.3 Å². The second kappa shape index (κ2) is 6.98. The van der Waals surface area contributed by atoms with Gasteiger partial charge in [0.1, 0.15) is 13.2 Å². The van der Waals surface area contributed by atoms with E-state index in [4.69, 9.17) is 9.47 Å². The minimum atomic E-state index is -0.174. The summed E-state index contributed by atoms with van der Waals surface area (Å²) in [6, 6.07) is 9.36. The van der Waals surface area contributed by atoms with E-state index in [0.29, 0.717) is 43.4 Å². The van der Waals surface area contributed by atoms with Gasteiger partial charge in [0.15, 0.2) is 11.5 Å². The van der Waals surface area contributed by atoms with Crippen molar-refractivity contribution in [3.8, 4) is 22.8 Å². The second-order valence-corrected chi connectivity index (χ2v) is 6.34. The predicted octanol–water partition coefficient (Wildman–Crippen LogP) is 2.81. The minimum absolute atomic E-state index is 0.174. The van der Waals surface area contributed by atoms with Crippen molar-refractivity contribution in [3.05, 3.63) is 52.9 Å². The molecule has 1 N–H and O–H groups in total. The van der Waals surface area contributed by atoms with Gasteiger partial charge in [-0.05, 0) is 29.6 Å². The summed E-state index contributed by atoms with van der Waals surface area (Å²) in [5.74, 6) is 0.962. The highest BCUT2D eigenvalue weighted by Gasteiger charge is 2.19. The third-order valence-corrected chi connectivity index (χ3v) is 4.58. The first-order valence-corrected chi connectivity index (χ1v) is 8.98. The highest BCUT2D eigenvalue weighted by Crippen LogP contribution is 2.33. The van der Waals surface area contributed by atoms with Gasteiger partial charge in [-0.1, -0.05) is 6.07 Å². The van der Waals surface area contributed by atoms with Crippen molar-refractivity contribution in [2.45, 2.75) is 6.54 Å². The molecule has 0 radical (unpaired) electrons. The lowest BCUT2D eigenvalue weighted by Gasteiger charge is -2.20. The van der Waals surface area contributed by atoms with Crippen LogP contribution in [0.3, 0.4) is 0 Å². The van der Waals surface area contributed by atoms with Crippen LogP contribution in [0.15, 0.2) is 47.3 Å². The van der Waals surface area contributed by atoms with Gasteiger partial charge in [0.05, 0.1) is 17.8 Å². The van der Waals surface area contributed by atoms with Crippen molar-refractivity contribution in [1.29, 1.82) is 0 Å². The van der Waals surface area contributed by atoms with E-state index in [1.807, 2.05) is 28.4 Å². The molecule has 0 spiro atoms. The number of hydrogen-bond donors (Lipinski definition) is 1. The Morgan fingerprint density at radius 2 is 2.16 bits per heavy atom. The second-order valence-electron chi connectivity index (χ2n) is 5.56. The summed E-state index contributed by atoms with van der Waals surface area (Å²) in [6.07, 6.45) is 1.92. The van der Waals surface area contributed by atoms with Gasteiger partial charge in [0, 0.05) is 23.7 Å². The summed E-state index contributed by atoms with van der Waals surface area (Å²) in [5, 5.41) is 11.5. The van der Waals surface area contributed by atoms with Crippen molar-refractivity contribution in [3.63, 3.8) is 0 Å². The highest BCUT2D eigenvalue weighted by atomic mass is 32.1. The predicted molar refractivity (Wildman–Crippen MR) is 95.3 cm³/mol. The average molecular weight is 355 g/mol. The first-order chi connectivity index (χ1) is 12.3. The molecule has 0 bridgehead atoms. The third kappa shape index (κ3) is 3.36. The summed E-state index contributed by atoms with van der Waals surface area (Å²) >= 11 is 1.65. The number of carbonyl (C=O) groups is 1. The molecule has 7 heteroatoms. The van der Waals surface area contributed by atoms with E-state index in [1.54, 1.807) is 29.5 Å². The molecule has 3 aromatic rings. The molecule has 0 saturated carbocycles. The van der Waals surface area contributed by atoms with Crippen LogP contribution in [0.5, 0.6) is 11.5 Å². The molecular weight excluding hydrogens is 338 g/mol. The van der Waals surface area contributed by atoms with Crippen LogP contribution < -0.4 is 14.8 Å². The van der Waals surface area contributed by atoms with E-state index >= 15 is 0 Å². The first-order valence-electron chi connectivity index (χ1n) is 8.04. The molecule has 3 heterocycles. The Kier molecular flexibility index (Phi) is 4.39. The van der Waals surface area contributed by atoms with Crippen molar-refractivity contribution in [1.82, 2.24) is 15.1 Å². The molecule has 0 aliphatic carbocycles. The Morgan fingerprint density at radius 1 is 1.24 bits per heavy atom. The Morgan fingerprint density at radius 3 is 3.04 bits per heavy atom. The summed E-state index contributed by atoms with van der Waals surface area (Å²) in [4.78, 5) is 12.4. The van der Waals surface area contributed by atoms with Crippen LogP contribution in [-0.4, -0.2) is 35.4 Å². The van der Waals surface area contributed by atoms with Crippen LogP contribution >= 0.6 is 11.3 Å². The topological polar surface area (TPSA) is 65.4 Å². The van der Waals surface area contributed by atoms with Crippen molar-refractivity contribution in [2.75, 3.05) is 19.8 Å². The minimum Gasteiger partial charge on any atom is -0.486 e. The van der Waals surface area contributed by atoms with Crippen LogP contribution in [0.1, 0.15) is 10.4 Å². The highest BCUT2D eigenvalue weighted by molar-refractivity contribution is 7.08. The molecule has 25 heavy (non-hydrogen) atoms. The Balaban J connectivity index is 1.37. The number of rotatable bonds is 5. The number of aromatic nitrogens is 2. The smallest absolute Gasteiger partial charge is 0.255 e. The van der Waals surface area contributed by atoms with Crippen LogP contribution in [0.25, 0.3) is 11.3 Å². The maximum absolute atomic E-state index is 12.4. The fraction of sp³-hybridized carbons (Fsp3) is 0.222. The van der Waals surface area contributed by atoms with Gasteiger partial charge in [0.2, 0.25) is 0 Å². The molecule has 1 aromatic carbocycles. The summed E-state index contributed by atoms with van der Waals surface area (Å²) in [6.45, 7) is 2.04. The molecule has 6 nitrogen and oxygen atoms in total. The van der Waals surface area contributed by atoms with Crippen LogP contribution in [-0.2, 0) is 6.54 Å². The average Bonchev–Trinajstić information content (AvgIpc) is 3.32. The largest absolute Gasteiger partial charge is 0.486 e. The molecule has 0 unspecified atom stereocenters. The quantitative estimate of drug-likeness (QED) is 0.764. The molecule has 1 amide bonds. The van der Waals surface area contributed by atoms with E-state index in [9.17, 15) is 4.79 Å². The zero-order valence-corrected chi connectivity index (χ0v) is 14.3. The Bertz CT molecular complexity index is 874. The van der Waals surface area contributed by atoms with Crippen molar-refractivity contribution < 1.29 is 14.3 Å². The van der Waals surface area contributed by atoms with Gasteiger partial charge in [-0.15, -0.1) is 0 Å². The molecule has 4 rings (SSSR count). The fourth-order valence-corrected chi connectivity index (χ4v) is 3.33. The lowest BCUT2D eigenvalue weighted by molar-refractivity contribution is 0.0941. The zero-order valence-electron chi connectivity index (χ0n) is 13.5. The lowest BCUT2D eigenvalue weighted by Crippen LogP contribution is -2.28. The number of amides is 1. The summed E-state index contributed by atoms with van der Waals surface area (Å²) in [5.41, 5.74) is 2.55. The molecule has 0 saturated heterocycles. The molecule has 0 atom stereocenters. The molecular formula is C18H17N3O3S. The number of nitrogens with zero attached hydrogens (tertiary/aromatic N) is 2. The lowest BCUT2D eigenvalue weighted by atomic mass is 10.1. The normalized spacial score (nSPS) is 12.8. The third-order valence-electron chi connectivity index (χ3n) is 3.89. The summed E-state index contributed by atoms with van der Waals surface area (Å²) in [7, 11) is 0. The maximum Gasteiger partial charge on any atom is 0.255 e. The maximum atomic E-state index is 12.4. The van der Waals surface area contributed by atoms with Crippen LogP contribution in [0, 0.1) is 0 Å². The van der Waals surface area contributed by atoms with Gasteiger partial charge < -0.3 is 14.8 Å². The van der Waals surface area contributed by atoms with E-state index in [-0.39, 0.29) is 5.91 Å². The van der Waals surface area contributed by atoms with Gasteiger partial charge in [-0.25, -0.2) is 0 Å². The number of thiophene rings is 1. The Hall–Kier alpha value is -2.80. The molecule has 2 aromatic heterocycles. The van der Waals surface area contributed by atoms with E-state index in [1.165, 1.54) is 0 Å². The molecule has 128 valence electrons.